The van der Waals surface area contributed by atoms with Crippen LogP contribution < -0.4 is 24.8 Å². The molecule has 0 fully saturated rings. The van der Waals surface area contributed by atoms with Crippen molar-refractivity contribution in [2.24, 2.45) is 0 Å². The van der Waals surface area contributed by atoms with Gasteiger partial charge in [0, 0.05) is 0 Å². The van der Waals surface area contributed by atoms with Gasteiger partial charge >= 0.3 is 99.2 Å². The van der Waals surface area contributed by atoms with Crippen LogP contribution in [0.2, 0.25) is 0 Å². The molecule has 0 saturated carbocycles. The predicted octanol–water partition coefficient (Wildman–Crippen LogP) is 5.84. The Bertz CT molecular complexity index is 1820. The summed E-state index contributed by atoms with van der Waals surface area (Å²) in [6.07, 6.45) is 1.03. The molecule has 0 saturated heterocycles. The Morgan fingerprint density at radius 1 is 0.612 bits per heavy atom. The van der Waals surface area contributed by atoms with Gasteiger partial charge in [-0.2, -0.15) is 47.0 Å². The van der Waals surface area contributed by atoms with Gasteiger partial charge in [0.05, 0.1) is 0 Å². The Labute approximate surface area is 322 Å². The molecule has 6 aromatic carbocycles. The monoisotopic (exact) mass is 758 g/mol. The molecule has 1 aliphatic carbocycles. The first-order valence-corrected chi connectivity index (χ1v) is 17.8. The average Bonchev–Trinajstić information content (AvgIpc) is 3.68. The van der Waals surface area contributed by atoms with Crippen LogP contribution in [0.5, 0.6) is 0 Å². The third-order valence-corrected chi connectivity index (χ3v) is 10.0. The van der Waals surface area contributed by atoms with E-state index in [1.165, 1.54) is 88.6 Å². The number of aryl methyl sites for hydroxylation is 1. The van der Waals surface area contributed by atoms with Crippen molar-refractivity contribution in [2.75, 3.05) is 0 Å². The molecular formula is C46H46Cl2Zr-2. The zero-order chi connectivity index (χ0) is 33.6. The van der Waals surface area contributed by atoms with Gasteiger partial charge in [0.25, 0.3) is 0 Å². The van der Waals surface area contributed by atoms with Gasteiger partial charge in [-0.1, -0.05) is 108 Å². The normalized spacial score (nSPS) is 11.3. The topological polar surface area (TPSA) is 0 Å². The fourth-order valence-electron chi connectivity index (χ4n) is 5.78. The molecule has 0 unspecified atom stereocenters. The summed E-state index contributed by atoms with van der Waals surface area (Å²) >= 11 is 1.46. The summed E-state index contributed by atoms with van der Waals surface area (Å²) in [4.78, 5) is 0. The molecule has 0 spiro atoms. The molecule has 0 amide bonds. The van der Waals surface area contributed by atoms with Crippen molar-refractivity contribution >= 4 is 3.21 Å². The van der Waals surface area contributed by atoms with Crippen LogP contribution in [0.4, 0.5) is 0 Å². The van der Waals surface area contributed by atoms with Crippen LogP contribution in [0.1, 0.15) is 80.5 Å². The van der Waals surface area contributed by atoms with Crippen LogP contribution in [0.3, 0.4) is 0 Å². The zero-order valence-electron chi connectivity index (χ0n) is 29.7. The van der Waals surface area contributed by atoms with Crippen LogP contribution in [0.25, 0.3) is 22.3 Å². The van der Waals surface area contributed by atoms with Gasteiger partial charge in [-0.3, -0.25) is 0 Å². The number of hydrogen-bond acceptors (Lipinski definition) is 0. The molecule has 0 aliphatic heterocycles. The van der Waals surface area contributed by atoms with Gasteiger partial charge in [-0.05, 0) is 28.4 Å². The van der Waals surface area contributed by atoms with E-state index in [-0.39, 0.29) is 35.6 Å². The third kappa shape index (κ3) is 10.6. The van der Waals surface area contributed by atoms with E-state index in [1.54, 1.807) is 0 Å². The Balaban J connectivity index is 0.000000204. The van der Waals surface area contributed by atoms with Crippen LogP contribution in [0, 0.1) is 13.0 Å². The zero-order valence-corrected chi connectivity index (χ0v) is 33.7. The van der Waals surface area contributed by atoms with E-state index in [1.807, 2.05) is 6.07 Å². The summed E-state index contributed by atoms with van der Waals surface area (Å²) in [5, 5.41) is 0. The summed E-state index contributed by atoms with van der Waals surface area (Å²) in [7, 11) is 0. The number of benzene rings is 5. The van der Waals surface area contributed by atoms with Crippen molar-refractivity contribution in [3.05, 3.63) is 185 Å². The SMILES string of the molecule is CC(C)(C)c1[c-]c2c(cc1)-c1ccc(C(C)(C)C)cc1C2.Cc1cc(-c2ccccc2)c[cH-]1.[Cl-].[Cl-].[Zr+2]=[C](c1ccccc1)c1ccccc1. The van der Waals surface area contributed by atoms with Gasteiger partial charge in [-0.15, -0.1) is 11.1 Å². The van der Waals surface area contributed by atoms with E-state index in [0.29, 0.717) is 0 Å². The van der Waals surface area contributed by atoms with Gasteiger partial charge < -0.3 is 24.8 Å². The third-order valence-electron chi connectivity index (χ3n) is 8.61. The molecule has 3 heteroatoms. The van der Waals surface area contributed by atoms with E-state index in [4.69, 9.17) is 0 Å². The average molecular weight is 761 g/mol. The van der Waals surface area contributed by atoms with E-state index in [0.717, 1.165) is 6.42 Å². The molecule has 1 aliphatic rings. The van der Waals surface area contributed by atoms with Crippen molar-refractivity contribution in [2.45, 2.75) is 65.7 Å². The van der Waals surface area contributed by atoms with Crippen molar-refractivity contribution in [1.29, 1.82) is 0 Å². The molecule has 0 bridgehead atoms. The molecule has 0 heterocycles. The Morgan fingerprint density at radius 3 is 1.63 bits per heavy atom. The fraction of sp³-hybridized carbons (Fsp3) is 0.217. The van der Waals surface area contributed by atoms with Gasteiger partial charge in [0.2, 0.25) is 0 Å². The van der Waals surface area contributed by atoms with E-state index in [2.05, 4.69) is 188 Å². The Kier molecular flexibility index (Phi) is 14.5. The molecule has 0 nitrogen and oxygen atoms in total. The summed E-state index contributed by atoms with van der Waals surface area (Å²) in [5.74, 6) is 0. The second-order valence-corrected chi connectivity index (χ2v) is 15.7. The number of fused-ring (bicyclic) bond motifs is 3. The Hall–Kier alpha value is -3.22. The number of halogens is 2. The van der Waals surface area contributed by atoms with Gasteiger partial charge in [-0.25, -0.2) is 6.07 Å². The summed E-state index contributed by atoms with van der Waals surface area (Å²) in [5.41, 5.74) is 15.3. The quantitative estimate of drug-likeness (QED) is 0.199. The number of rotatable bonds is 3. The van der Waals surface area contributed by atoms with E-state index in [9.17, 15) is 0 Å². The fourth-order valence-corrected chi connectivity index (χ4v) is 6.60. The standard InChI is InChI=1S/C21H25.C13H10.C12H11.2ClH.Zr/c1-20(2,3)16-7-9-18-14(12-16)11-15-13-17(21(4,5)6)8-10-19(15)18;1-3-7-12(8-4-1)11-13-9-5-2-6-10-13;1-10-7-8-12(9-10)11-5-3-2-4-6-11;;;/h7-10,12H,11H2,1-6H3;1-10H;2-9H,1H3;2*1H;/q-1;;-1;;;+2/p-2. The first kappa shape index (κ1) is 40.2. The van der Waals surface area contributed by atoms with E-state index < -0.39 is 0 Å². The van der Waals surface area contributed by atoms with Crippen molar-refractivity contribution in [1.82, 2.24) is 0 Å². The maximum atomic E-state index is 3.67. The molecule has 0 aromatic heterocycles. The predicted molar refractivity (Wildman–Crippen MR) is 199 cm³/mol. The molecule has 0 N–H and O–H groups in total. The van der Waals surface area contributed by atoms with Crippen LogP contribution in [-0.4, -0.2) is 3.21 Å². The first-order chi connectivity index (χ1) is 22.4. The second kappa shape index (κ2) is 17.6. The molecule has 49 heavy (non-hydrogen) atoms. The van der Waals surface area contributed by atoms with Crippen LogP contribution in [-0.2, 0) is 41.5 Å². The van der Waals surface area contributed by atoms with Crippen molar-refractivity contribution in [3.63, 3.8) is 0 Å². The summed E-state index contributed by atoms with van der Waals surface area (Å²) in [6, 6.07) is 53.2. The van der Waals surface area contributed by atoms with Gasteiger partial charge in [0.1, 0.15) is 0 Å². The summed E-state index contributed by atoms with van der Waals surface area (Å²) < 4.78 is 1.42. The minimum absolute atomic E-state index is 0. The Morgan fingerprint density at radius 2 is 1.14 bits per heavy atom. The minimum atomic E-state index is 0. The van der Waals surface area contributed by atoms with E-state index >= 15 is 0 Å². The molecular weight excluding hydrogens is 715 g/mol. The van der Waals surface area contributed by atoms with Crippen LogP contribution >= 0.6 is 0 Å². The second-order valence-electron chi connectivity index (χ2n) is 14.5. The molecule has 6 aromatic rings. The van der Waals surface area contributed by atoms with Crippen LogP contribution in [0.15, 0.2) is 140 Å². The number of hydrogen-bond donors (Lipinski definition) is 0. The van der Waals surface area contributed by atoms with Crippen molar-refractivity contribution < 1.29 is 49.0 Å². The molecule has 0 radical (unpaired) electrons. The molecule has 7 rings (SSSR count). The van der Waals surface area contributed by atoms with Crippen molar-refractivity contribution in [3.8, 4) is 22.3 Å². The molecule has 250 valence electrons. The first-order valence-electron chi connectivity index (χ1n) is 16.6. The van der Waals surface area contributed by atoms with Gasteiger partial charge in [0.15, 0.2) is 0 Å². The summed E-state index contributed by atoms with van der Waals surface area (Å²) in [6.45, 7) is 15.7. The maximum absolute atomic E-state index is 3.67. The molecule has 0 atom stereocenters.